The van der Waals surface area contributed by atoms with Crippen LogP contribution in [-0.4, -0.2) is 4.57 Å². The summed E-state index contributed by atoms with van der Waals surface area (Å²) >= 11 is 0. The molecule has 0 aliphatic carbocycles. The number of hydrogen-bond donors (Lipinski definition) is 0. The lowest BCUT2D eigenvalue weighted by Gasteiger charge is -2.18. The summed E-state index contributed by atoms with van der Waals surface area (Å²) in [6.45, 7) is 0. The van der Waals surface area contributed by atoms with Crippen molar-refractivity contribution >= 4 is 54.0 Å². The molecule has 0 fully saturated rings. The van der Waals surface area contributed by atoms with E-state index in [1.54, 1.807) is 0 Å². The normalized spacial score (nSPS) is 11.6. The van der Waals surface area contributed by atoms with Crippen molar-refractivity contribution < 1.29 is 0 Å². The van der Waals surface area contributed by atoms with Crippen LogP contribution in [0.5, 0.6) is 0 Å². The van der Waals surface area contributed by atoms with Gasteiger partial charge in [0.05, 0.1) is 11.2 Å². The molecule has 9 aromatic rings. The third kappa shape index (κ3) is 4.07. The van der Waals surface area contributed by atoms with E-state index in [0.717, 1.165) is 55.0 Å². The molecule has 0 saturated heterocycles. The number of hydrogen-bond acceptors (Lipinski definition) is 1. The standard InChI is InChI=1S/C43H27NO/c45-43-37-22-18-32(28-10-3-1-4-11-28)26-39(37)40-27-33(29-12-5-2-6-13-29)20-23-42(40)44(43)41-17-9-16-35-36(41)21-19-34-24-30-14-7-8-15-31(30)25-38(34)35/h1-27H. The summed E-state index contributed by atoms with van der Waals surface area (Å²) in [5.41, 5.74) is 6.25. The molecule has 1 aromatic heterocycles. The van der Waals surface area contributed by atoms with E-state index in [1.165, 1.54) is 21.5 Å². The minimum absolute atomic E-state index is 0.0179. The van der Waals surface area contributed by atoms with E-state index in [0.29, 0.717) is 5.39 Å². The molecule has 1 heterocycles. The van der Waals surface area contributed by atoms with Crippen LogP contribution in [0.15, 0.2) is 169 Å². The minimum atomic E-state index is -0.0179. The van der Waals surface area contributed by atoms with Crippen molar-refractivity contribution in [3.63, 3.8) is 0 Å². The van der Waals surface area contributed by atoms with Gasteiger partial charge < -0.3 is 0 Å². The summed E-state index contributed by atoms with van der Waals surface area (Å²) < 4.78 is 1.92. The first-order chi connectivity index (χ1) is 22.2. The van der Waals surface area contributed by atoms with E-state index in [2.05, 4.69) is 146 Å². The van der Waals surface area contributed by atoms with Crippen LogP contribution in [-0.2, 0) is 0 Å². The summed E-state index contributed by atoms with van der Waals surface area (Å²) in [5.74, 6) is 0. The third-order valence-electron chi connectivity index (χ3n) is 9.16. The number of pyridine rings is 1. The summed E-state index contributed by atoms with van der Waals surface area (Å²) in [6.07, 6.45) is 0. The number of benzene rings is 8. The lowest BCUT2D eigenvalue weighted by Crippen LogP contribution is -2.19. The first-order valence-electron chi connectivity index (χ1n) is 15.3. The van der Waals surface area contributed by atoms with E-state index < -0.39 is 0 Å². The van der Waals surface area contributed by atoms with Crippen LogP contribution in [0.2, 0.25) is 0 Å². The maximum absolute atomic E-state index is 14.6. The third-order valence-corrected chi connectivity index (χ3v) is 9.16. The first kappa shape index (κ1) is 25.5. The summed E-state index contributed by atoms with van der Waals surface area (Å²) in [7, 11) is 0. The second kappa shape index (κ2) is 10.0. The van der Waals surface area contributed by atoms with Crippen LogP contribution < -0.4 is 5.56 Å². The van der Waals surface area contributed by atoms with Crippen molar-refractivity contribution in [3.8, 4) is 27.9 Å². The van der Waals surface area contributed by atoms with Crippen molar-refractivity contribution in [1.82, 2.24) is 4.57 Å². The minimum Gasteiger partial charge on any atom is -0.276 e. The number of nitrogens with zero attached hydrogens (tertiary/aromatic N) is 1. The van der Waals surface area contributed by atoms with Crippen molar-refractivity contribution in [1.29, 1.82) is 0 Å². The van der Waals surface area contributed by atoms with Crippen molar-refractivity contribution in [2.24, 2.45) is 0 Å². The topological polar surface area (TPSA) is 22.0 Å². The Kier molecular flexibility index (Phi) is 5.69. The molecule has 0 saturated carbocycles. The molecule has 0 aliphatic rings. The molecule has 0 radical (unpaired) electrons. The molecule has 0 aliphatic heterocycles. The average Bonchev–Trinajstić information content (AvgIpc) is 3.11. The Morgan fingerprint density at radius 1 is 0.333 bits per heavy atom. The molecular weight excluding hydrogens is 546 g/mol. The fourth-order valence-electron chi connectivity index (χ4n) is 6.95. The zero-order valence-electron chi connectivity index (χ0n) is 24.4. The molecule has 0 N–H and O–H groups in total. The van der Waals surface area contributed by atoms with Gasteiger partial charge in [0.15, 0.2) is 0 Å². The molecule has 8 aromatic carbocycles. The predicted octanol–water partition coefficient (Wildman–Crippen LogP) is 10.9. The zero-order chi connectivity index (χ0) is 29.9. The number of rotatable bonds is 3. The maximum atomic E-state index is 14.6. The van der Waals surface area contributed by atoms with Gasteiger partial charge in [-0.05, 0) is 97.0 Å². The Bertz CT molecular complexity index is 2650. The van der Waals surface area contributed by atoms with Crippen molar-refractivity contribution in [2.45, 2.75) is 0 Å². The van der Waals surface area contributed by atoms with Gasteiger partial charge >= 0.3 is 0 Å². The van der Waals surface area contributed by atoms with E-state index in [1.807, 2.05) is 22.8 Å². The lowest BCUT2D eigenvalue weighted by molar-refractivity contribution is 1.07. The van der Waals surface area contributed by atoms with Gasteiger partial charge in [-0.2, -0.15) is 0 Å². The van der Waals surface area contributed by atoms with Gasteiger partial charge in [-0.1, -0.05) is 121 Å². The van der Waals surface area contributed by atoms with Crippen molar-refractivity contribution in [2.75, 3.05) is 0 Å². The molecule has 2 nitrogen and oxygen atoms in total. The Hall–Kier alpha value is -5.99. The van der Waals surface area contributed by atoms with E-state index in [-0.39, 0.29) is 5.56 Å². The quantitative estimate of drug-likeness (QED) is 0.152. The second-order valence-electron chi connectivity index (χ2n) is 11.7. The van der Waals surface area contributed by atoms with Gasteiger partial charge in [-0.3, -0.25) is 9.36 Å². The molecule has 0 spiro atoms. The highest BCUT2D eigenvalue weighted by Crippen LogP contribution is 2.36. The monoisotopic (exact) mass is 573 g/mol. The van der Waals surface area contributed by atoms with Crippen LogP contribution >= 0.6 is 0 Å². The van der Waals surface area contributed by atoms with Crippen LogP contribution in [0.4, 0.5) is 0 Å². The van der Waals surface area contributed by atoms with Crippen LogP contribution in [0.1, 0.15) is 0 Å². The highest BCUT2D eigenvalue weighted by Gasteiger charge is 2.17. The molecule has 0 unspecified atom stereocenters. The highest BCUT2D eigenvalue weighted by atomic mass is 16.1. The fraction of sp³-hybridized carbons (Fsp3) is 0. The molecular formula is C43H27NO. The summed E-state index contributed by atoms with van der Waals surface area (Å²) in [5, 5.41) is 9.71. The van der Waals surface area contributed by atoms with Crippen LogP contribution in [0.25, 0.3) is 81.9 Å². The molecule has 45 heavy (non-hydrogen) atoms. The molecule has 210 valence electrons. The summed E-state index contributed by atoms with van der Waals surface area (Å²) in [4.78, 5) is 14.6. The molecule has 0 atom stereocenters. The van der Waals surface area contributed by atoms with Gasteiger partial charge in [-0.25, -0.2) is 0 Å². The van der Waals surface area contributed by atoms with Crippen LogP contribution in [0.3, 0.4) is 0 Å². The van der Waals surface area contributed by atoms with Gasteiger partial charge in [-0.15, -0.1) is 0 Å². The molecule has 2 heteroatoms. The Morgan fingerprint density at radius 3 is 1.69 bits per heavy atom. The summed E-state index contributed by atoms with van der Waals surface area (Å²) in [6, 6.07) is 57.2. The maximum Gasteiger partial charge on any atom is 0.263 e. The van der Waals surface area contributed by atoms with E-state index >= 15 is 0 Å². The Morgan fingerprint density at radius 2 is 0.956 bits per heavy atom. The average molecular weight is 574 g/mol. The molecule has 9 rings (SSSR count). The Balaban J connectivity index is 1.37. The van der Waals surface area contributed by atoms with Gasteiger partial charge in [0.1, 0.15) is 0 Å². The Labute approximate surface area is 260 Å². The fourth-order valence-corrected chi connectivity index (χ4v) is 6.95. The molecule has 0 amide bonds. The van der Waals surface area contributed by atoms with Gasteiger partial charge in [0.25, 0.3) is 5.56 Å². The number of aromatic nitrogens is 1. The predicted molar refractivity (Wildman–Crippen MR) is 190 cm³/mol. The lowest BCUT2D eigenvalue weighted by atomic mass is 9.95. The second-order valence-corrected chi connectivity index (χ2v) is 11.7. The van der Waals surface area contributed by atoms with Gasteiger partial charge in [0, 0.05) is 16.2 Å². The zero-order valence-corrected chi connectivity index (χ0v) is 24.4. The smallest absolute Gasteiger partial charge is 0.263 e. The molecule has 0 bridgehead atoms. The highest BCUT2D eigenvalue weighted by molar-refractivity contribution is 6.15. The van der Waals surface area contributed by atoms with Crippen molar-refractivity contribution in [3.05, 3.63) is 174 Å². The van der Waals surface area contributed by atoms with Gasteiger partial charge in [0.2, 0.25) is 0 Å². The van der Waals surface area contributed by atoms with Crippen LogP contribution in [0, 0.1) is 0 Å². The number of fused-ring (bicyclic) bond motifs is 7. The SMILES string of the molecule is O=c1c2ccc(-c3ccccc3)cc2c2cc(-c3ccccc3)ccc2n1-c1cccc2c1ccc1cc3ccccc3cc12. The largest absolute Gasteiger partial charge is 0.276 e. The van der Waals surface area contributed by atoms with E-state index in [4.69, 9.17) is 0 Å². The van der Waals surface area contributed by atoms with E-state index in [9.17, 15) is 4.79 Å². The first-order valence-corrected chi connectivity index (χ1v) is 15.3.